The van der Waals surface area contributed by atoms with Gasteiger partial charge in [0.25, 0.3) is 0 Å². The quantitative estimate of drug-likeness (QED) is 0.878. The lowest BCUT2D eigenvalue weighted by molar-refractivity contribution is -0.151. The van der Waals surface area contributed by atoms with Crippen molar-refractivity contribution in [2.45, 2.75) is 19.9 Å². The maximum absolute atomic E-state index is 11.5. The van der Waals surface area contributed by atoms with E-state index in [1.807, 2.05) is 26.0 Å². The predicted molar refractivity (Wildman–Crippen MR) is 65.8 cm³/mol. The van der Waals surface area contributed by atoms with Crippen molar-refractivity contribution in [3.05, 3.63) is 34.9 Å². The van der Waals surface area contributed by atoms with Crippen molar-refractivity contribution >= 4 is 23.4 Å². The van der Waals surface area contributed by atoms with E-state index in [1.54, 1.807) is 12.1 Å². The molecule has 4 nitrogen and oxygen atoms in total. The number of nitrogens with zero attached hydrogens (tertiary/aromatic N) is 1. The van der Waals surface area contributed by atoms with Crippen LogP contribution in [0.2, 0.25) is 5.02 Å². The van der Waals surface area contributed by atoms with Crippen LogP contribution in [-0.4, -0.2) is 17.8 Å². The van der Waals surface area contributed by atoms with Gasteiger partial charge in [0.15, 0.2) is 11.9 Å². The number of hydroxylamine groups is 1. The number of hydrogen-bond donors (Lipinski definition) is 1. The summed E-state index contributed by atoms with van der Waals surface area (Å²) in [5.41, 5.74) is 3.34. The molecular weight excluding hydrogens is 240 g/mol. The standard InChI is InChI=1S/C12H13ClN2O2/c1-7(2)10-12(16)17-15-11(14-10)8-4-3-5-9(13)6-8/h3-7,10H,1-2H3,(H,14,15). The van der Waals surface area contributed by atoms with Gasteiger partial charge < -0.3 is 4.84 Å². The van der Waals surface area contributed by atoms with E-state index in [4.69, 9.17) is 16.4 Å². The average Bonchev–Trinajstić information content (AvgIpc) is 2.29. The molecule has 17 heavy (non-hydrogen) atoms. The van der Waals surface area contributed by atoms with Crippen LogP contribution in [0.5, 0.6) is 0 Å². The number of benzene rings is 1. The van der Waals surface area contributed by atoms with Gasteiger partial charge >= 0.3 is 5.97 Å². The summed E-state index contributed by atoms with van der Waals surface area (Å²) in [6.45, 7) is 3.85. The number of carbonyl (C=O) groups is 1. The molecule has 0 bridgehead atoms. The van der Waals surface area contributed by atoms with Crippen LogP contribution in [-0.2, 0) is 9.63 Å². The SMILES string of the molecule is CC(C)C1N=C(c2cccc(Cl)c2)NOC1=O. The third kappa shape index (κ3) is 2.58. The zero-order valence-corrected chi connectivity index (χ0v) is 10.4. The molecular formula is C12H13ClN2O2. The van der Waals surface area contributed by atoms with Gasteiger partial charge in [0.05, 0.1) is 0 Å². The molecule has 1 aliphatic heterocycles. The van der Waals surface area contributed by atoms with Crippen molar-refractivity contribution < 1.29 is 9.63 Å². The van der Waals surface area contributed by atoms with Crippen LogP contribution in [0.25, 0.3) is 0 Å². The van der Waals surface area contributed by atoms with Crippen molar-refractivity contribution in [2.75, 3.05) is 0 Å². The molecule has 1 atom stereocenters. The number of halogens is 1. The number of aliphatic imine (C=N–C) groups is 1. The number of amidine groups is 1. The highest BCUT2D eigenvalue weighted by Crippen LogP contribution is 2.16. The molecule has 1 aliphatic rings. The molecule has 5 heteroatoms. The van der Waals surface area contributed by atoms with E-state index >= 15 is 0 Å². The molecule has 1 heterocycles. The Hall–Kier alpha value is -1.55. The zero-order chi connectivity index (χ0) is 12.4. The smallest absolute Gasteiger partial charge is 0.339 e. The molecule has 0 aliphatic carbocycles. The van der Waals surface area contributed by atoms with Crippen molar-refractivity contribution in [1.82, 2.24) is 5.48 Å². The fourth-order valence-corrected chi connectivity index (χ4v) is 1.76. The van der Waals surface area contributed by atoms with Gasteiger partial charge in [0.1, 0.15) is 0 Å². The molecule has 0 saturated carbocycles. The van der Waals surface area contributed by atoms with Crippen molar-refractivity contribution in [1.29, 1.82) is 0 Å². The summed E-state index contributed by atoms with van der Waals surface area (Å²) < 4.78 is 0. The molecule has 0 spiro atoms. The molecule has 0 aromatic heterocycles. The monoisotopic (exact) mass is 252 g/mol. The molecule has 1 aromatic rings. The number of nitrogens with one attached hydrogen (secondary N) is 1. The van der Waals surface area contributed by atoms with Crippen LogP contribution in [0, 0.1) is 5.92 Å². The van der Waals surface area contributed by atoms with Crippen molar-refractivity contribution in [2.24, 2.45) is 10.9 Å². The minimum absolute atomic E-state index is 0.0961. The summed E-state index contributed by atoms with van der Waals surface area (Å²) in [5.74, 6) is 0.273. The number of rotatable bonds is 2. The second-order valence-corrected chi connectivity index (χ2v) is 4.64. The van der Waals surface area contributed by atoms with E-state index in [0.29, 0.717) is 10.9 Å². The van der Waals surface area contributed by atoms with Gasteiger partial charge in [-0.3, -0.25) is 0 Å². The third-order valence-corrected chi connectivity index (χ3v) is 2.72. The van der Waals surface area contributed by atoms with E-state index in [2.05, 4.69) is 10.5 Å². The highest BCUT2D eigenvalue weighted by molar-refractivity contribution is 6.31. The molecule has 1 aromatic carbocycles. The van der Waals surface area contributed by atoms with Gasteiger partial charge in [-0.15, -0.1) is 0 Å². The maximum atomic E-state index is 11.5. The van der Waals surface area contributed by atoms with Crippen molar-refractivity contribution in [3.63, 3.8) is 0 Å². The molecule has 90 valence electrons. The van der Waals surface area contributed by atoms with E-state index < -0.39 is 6.04 Å². The van der Waals surface area contributed by atoms with Crippen LogP contribution in [0.1, 0.15) is 19.4 Å². The Balaban J connectivity index is 2.33. The topological polar surface area (TPSA) is 50.7 Å². The Bertz CT molecular complexity index is 471. The van der Waals surface area contributed by atoms with E-state index in [0.717, 1.165) is 5.56 Å². The molecule has 0 fully saturated rings. The van der Waals surface area contributed by atoms with E-state index in [1.165, 1.54) is 0 Å². The highest BCUT2D eigenvalue weighted by Gasteiger charge is 2.28. The minimum Gasteiger partial charge on any atom is -0.339 e. The van der Waals surface area contributed by atoms with Gasteiger partial charge in [0.2, 0.25) is 0 Å². The van der Waals surface area contributed by atoms with E-state index in [-0.39, 0.29) is 11.9 Å². The lowest BCUT2D eigenvalue weighted by Crippen LogP contribution is -2.41. The van der Waals surface area contributed by atoms with Crippen molar-refractivity contribution in [3.8, 4) is 0 Å². The Labute approximate surface area is 105 Å². The van der Waals surface area contributed by atoms with E-state index in [9.17, 15) is 4.79 Å². The van der Waals surface area contributed by atoms with Crippen LogP contribution in [0.3, 0.4) is 0 Å². The fourth-order valence-electron chi connectivity index (χ4n) is 1.57. The Kier molecular flexibility index (Phi) is 3.33. The predicted octanol–water partition coefficient (Wildman–Crippen LogP) is 2.17. The Morgan fingerprint density at radius 1 is 1.47 bits per heavy atom. The first-order chi connectivity index (χ1) is 8.08. The molecule has 1 unspecified atom stereocenters. The lowest BCUT2D eigenvalue weighted by atomic mass is 10.0. The summed E-state index contributed by atoms with van der Waals surface area (Å²) in [4.78, 5) is 20.7. The highest BCUT2D eigenvalue weighted by atomic mass is 35.5. The molecule has 0 saturated heterocycles. The largest absolute Gasteiger partial charge is 0.356 e. The summed E-state index contributed by atoms with van der Waals surface area (Å²) in [5, 5.41) is 0.616. The summed E-state index contributed by atoms with van der Waals surface area (Å²) in [6, 6.07) is 6.76. The normalized spacial score (nSPS) is 19.6. The zero-order valence-electron chi connectivity index (χ0n) is 9.61. The fraction of sp³-hybridized carbons (Fsp3) is 0.333. The third-order valence-electron chi connectivity index (χ3n) is 2.49. The Morgan fingerprint density at radius 2 is 2.24 bits per heavy atom. The maximum Gasteiger partial charge on any atom is 0.356 e. The van der Waals surface area contributed by atoms with Gasteiger partial charge in [-0.1, -0.05) is 37.6 Å². The lowest BCUT2D eigenvalue weighted by Gasteiger charge is -2.22. The molecule has 1 N–H and O–H groups in total. The summed E-state index contributed by atoms with van der Waals surface area (Å²) >= 11 is 5.90. The van der Waals surface area contributed by atoms with Crippen LogP contribution in [0.15, 0.2) is 29.3 Å². The first kappa shape index (κ1) is 11.9. The van der Waals surface area contributed by atoms with Gasteiger partial charge in [-0.05, 0) is 18.1 Å². The molecule has 2 rings (SSSR count). The van der Waals surface area contributed by atoms with Gasteiger partial charge in [-0.2, -0.15) is 0 Å². The minimum atomic E-state index is -0.467. The van der Waals surface area contributed by atoms with Crippen LogP contribution in [0.4, 0.5) is 0 Å². The molecule has 0 radical (unpaired) electrons. The number of carbonyl (C=O) groups excluding carboxylic acids is 1. The van der Waals surface area contributed by atoms with Gasteiger partial charge in [0, 0.05) is 10.6 Å². The Morgan fingerprint density at radius 3 is 2.88 bits per heavy atom. The van der Waals surface area contributed by atoms with Crippen LogP contribution >= 0.6 is 11.6 Å². The number of hydrogen-bond acceptors (Lipinski definition) is 4. The summed E-state index contributed by atoms with van der Waals surface area (Å²) in [6.07, 6.45) is 0. The van der Waals surface area contributed by atoms with Gasteiger partial charge in [-0.25, -0.2) is 15.3 Å². The second-order valence-electron chi connectivity index (χ2n) is 4.20. The second kappa shape index (κ2) is 4.75. The summed E-state index contributed by atoms with van der Waals surface area (Å²) in [7, 11) is 0. The average molecular weight is 253 g/mol. The first-order valence-electron chi connectivity index (χ1n) is 5.38. The van der Waals surface area contributed by atoms with Crippen LogP contribution < -0.4 is 5.48 Å². The molecule has 0 amide bonds. The first-order valence-corrected chi connectivity index (χ1v) is 5.76.